The van der Waals surface area contributed by atoms with E-state index in [1.807, 2.05) is 18.0 Å². The molecule has 3 aliphatic rings. The highest BCUT2D eigenvalue weighted by Crippen LogP contribution is 2.49. The van der Waals surface area contributed by atoms with Gasteiger partial charge in [-0.25, -0.2) is 0 Å². The maximum atomic E-state index is 12.8. The third-order valence-electron chi connectivity index (χ3n) is 5.50. The smallest absolute Gasteiger partial charge is 0.307 e. The molecule has 20 heavy (non-hydrogen) atoms. The second-order valence-corrected chi connectivity index (χ2v) is 6.58. The number of hydrogen-bond donors (Lipinski definition) is 1. The molecule has 2 fully saturated rings. The fourth-order valence-corrected chi connectivity index (χ4v) is 4.38. The first-order chi connectivity index (χ1) is 9.59. The molecule has 0 spiro atoms. The Labute approximate surface area is 119 Å². The van der Waals surface area contributed by atoms with Crippen molar-refractivity contribution in [1.29, 1.82) is 0 Å². The van der Waals surface area contributed by atoms with Crippen LogP contribution in [0.2, 0.25) is 0 Å². The third kappa shape index (κ3) is 2.15. The Morgan fingerprint density at radius 2 is 1.65 bits per heavy atom. The van der Waals surface area contributed by atoms with Crippen molar-refractivity contribution < 1.29 is 14.7 Å². The highest BCUT2D eigenvalue weighted by molar-refractivity contribution is 5.87. The first-order valence-corrected chi connectivity index (χ1v) is 7.77. The topological polar surface area (TPSA) is 57.6 Å². The lowest BCUT2D eigenvalue weighted by molar-refractivity contribution is -0.151. The van der Waals surface area contributed by atoms with Crippen molar-refractivity contribution in [2.75, 3.05) is 7.05 Å². The van der Waals surface area contributed by atoms with Crippen molar-refractivity contribution in [2.24, 2.45) is 23.7 Å². The van der Waals surface area contributed by atoms with E-state index in [2.05, 4.69) is 6.08 Å². The summed E-state index contributed by atoms with van der Waals surface area (Å²) in [5.41, 5.74) is 0. The summed E-state index contributed by atoms with van der Waals surface area (Å²) < 4.78 is 0. The number of fused-ring (bicyclic) bond motifs is 2. The molecule has 1 amide bonds. The standard InChI is InChI=1S/C16H23NO3/c1-17(12-5-3-2-4-6-12)15(18)13-10-7-8-11(9-10)14(13)16(19)20/h7-8,10-14H,2-6,9H2,1H3,(H,19,20)/t10?,11?,13-,14+/m0/s1. The fraction of sp³-hybridized carbons (Fsp3) is 0.750. The molecule has 1 N–H and O–H groups in total. The summed E-state index contributed by atoms with van der Waals surface area (Å²) in [6, 6.07) is 0.314. The Hall–Kier alpha value is -1.32. The van der Waals surface area contributed by atoms with Crippen LogP contribution in [0.3, 0.4) is 0 Å². The first-order valence-electron chi connectivity index (χ1n) is 7.77. The highest BCUT2D eigenvalue weighted by Gasteiger charge is 2.52. The number of aliphatic carboxylic acids is 1. The number of hydrogen-bond acceptors (Lipinski definition) is 2. The maximum absolute atomic E-state index is 12.8. The quantitative estimate of drug-likeness (QED) is 0.805. The Morgan fingerprint density at radius 1 is 1.05 bits per heavy atom. The molecule has 0 aromatic carbocycles. The molecule has 4 nitrogen and oxygen atoms in total. The van der Waals surface area contributed by atoms with Crippen molar-refractivity contribution in [3.05, 3.63) is 12.2 Å². The van der Waals surface area contributed by atoms with Gasteiger partial charge in [-0.1, -0.05) is 31.4 Å². The number of carboxylic acid groups (broad SMARTS) is 1. The summed E-state index contributed by atoms with van der Waals surface area (Å²) in [6.07, 6.45) is 10.6. The molecule has 0 aromatic rings. The predicted molar refractivity (Wildman–Crippen MR) is 75.0 cm³/mol. The summed E-state index contributed by atoms with van der Waals surface area (Å²) in [5.74, 6) is -1.40. The van der Waals surface area contributed by atoms with Crippen LogP contribution in [-0.4, -0.2) is 35.0 Å². The van der Waals surface area contributed by atoms with Crippen LogP contribution in [0.4, 0.5) is 0 Å². The molecule has 0 aromatic heterocycles. The van der Waals surface area contributed by atoms with Crippen LogP contribution in [0, 0.1) is 23.7 Å². The maximum Gasteiger partial charge on any atom is 0.307 e. The van der Waals surface area contributed by atoms with Gasteiger partial charge in [0.05, 0.1) is 11.8 Å². The minimum Gasteiger partial charge on any atom is -0.481 e. The average Bonchev–Trinajstić information content (AvgIpc) is 3.07. The number of carbonyl (C=O) groups is 2. The lowest BCUT2D eigenvalue weighted by Gasteiger charge is -2.35. The average molecular weight is 277 g/mol. The van der Waals surface area contributed by atoms with Crippen molar-refractivity contribution in [3.63, 3.8) is 0 Å². The third-order valence-corrected chi connectivity index (χ3v) is 5.50. The summed E-state index contributed by atoms with van der Waals surface area (Å²) in [4.78, 5) is 26.1. The number of rotatable bonds is 3. The van der Waals surface area contributed by atoms with E-state index in [0.29, 0.717) is 6.04 Å². The number of carboxylic acids is 1. The molecule has 2 unspecified atom stereocenters. The number of nitrogens with zero attached hydrogens (tertiary/aromatic N) is 1. The normalized spacial score (nSPS) is 36.2. The number of amides is 1. The van der Waals surface area contributed by atoms with Crippen molar-refractivity contribution >= 4 is 11.9 Å². The Kier molecular flexibility index (Phi) is 3.57. The molecule has 3 rings (SSSR count). The van der Waals surface area contributed by atoms with E-state index >= 15 is 0 Å². The molecule has 3 aliphatic carbocycles. The Bertz CT molecular complexity index is 439. The molecule has 4 atom stereocenters. The van der Waals surface area contributed by atoms with Crippen LogP contribution in [0.1, 0.15) is 38.5 Å². The summed E-state index contributed by atoms with van der Waals surface area (Å²) in [6.45, 7) is 0. The van der Waals surface area contributed by atoms with Gasteiger partial charge in [-0.2, -0.15) is 0 Å². The molecule has 0 heterocycles. The summed E-state index contributed by atoms with van der Waals surface area (Å²) >= 11 is 0. The second kappa shape index (κ2) is 5.23. The summed E-state index contributed by atoms with van der Waals surface area (Å²) in [5, 5.41) is 9.44. The monoisotopic (exact) mass is 277 g/mol. The fourth-order valence-electron chi connectivity index (χ4n) is 4.38. The van der Waals surface area contributed by atoms with Gasteiger partial charge in [0.1, 0.15) is 0 Å². The molecule has 0 radical (unpaired) electrons. The van der Waals surface area contributed by atoms with Crippen molar-refractivity contribution in [1.82, 2.24) is 4.90 Å². The van der Waals surface area contributed by atoms with E-state index in [1.54, 1.807) is 0 Å². The van der Waals surface area contributed by atoms with E-state index in [-0.39, 0.29) is 23.7 Å². The molecular formula is C16H23NO3. The van der Waals surface area contributed by atoms with E-state index in [4.69, 9.17) is 0 Å². The molecular weight excluding hydrogens is 254 g/mol. The number of carbonyl (C=O) groups excluding carboxylic acids is 1. The van der Waals surface area contributed by atoms with Gasteiger partial charge in [0.15, 0.2) is 0 Å². The van der Waals surface area contributed by atoms with E-state index < -0.39 is 11.9 Å². The van der Waals surface area contributed by atoms with Gasteiger partial charge in [0.25, 0.3) is 0 Å². The molecule has 110 valence electrons. The Morgan fingerprint density at radius 3 is 2.25 bits per heavy atom. The van der Waals surface area contributed by atoms with Gasteiger partial charge in [0.2, 0.25) is 5.91 Å². The SMILES string of the molecule is CN(C(=O)[C@H]1C2C=CC(C2)[C@H]1C(=O)O)C1CCCCC1. The molecule has 2 bridgehead atoms. The van der Waals surface area contributed by atoms with Crippen LogP contribution in [0.5, 0.6) is 0 Å². The lowest BCUT2D eigenvalue weighted by atomic mass is 9.81. The zero-order valence-electron chi connectivity index (χ0n) is 12.0. The van der Waals surface area contributed by atoms with Crippen LogP contribution in [-0.2, 0) is 9.59 Å². The van der Waals surface area contributed by atoms with Crippen molar-refractivity contribution in [3.8, 4) is 0 Å². The molecule has 0 saturated heterocycles. The highest BCUT2D eigenvalue weighted by atomic mass is 16.4. The minimum atomic E-state index is -0.808. The lowest BCUT2D eigenvalue weighted by Crippen LogP contribution is -2.46. The van der Waals surface area contributed by atoms with Crippen LogP contribution >= 0.6 is 0 Å². The zero-order chi connectivity index (χ0) is 14.3. The largest absolute Gasteiger partial charge is 0.481 e. The van der Waals surface area contributed by atoms with Crippen LogP contribution < -0.4 is 0 Å². The predicted octanol–water partition coefficient (Wildman–Crippen LogP) is 2.30. The molecule has 2 saturated carbocycles. The molecule has 4 heteroatoms. The van der Waals surface area contributed by atoms with E-state index in [0.717, 1.165) is 19.3 Å². The summed E-state index contributed by atoms with van der Waals surface area (Å²) in [7, 11) is 1.87. The van der Waals surface area contributed by atoms with E-state index in [1.165, 1.54) is 19.3 Å². The van der Waals surface area contributed by atoms with E-state index in [9.17, 15) is 14.7 Å². The van der Waals surface area contributed by atoms with Gasteiger partial charge in [-0.15, -0.1) is 0 Å². The van der Waals surface area contributed by atoms with Gasteiger partial charge < -0.3 is 10.0 Å². The van der Waals surface area contributed by atoms with Crippen molar-refractivity contribution in [2.45, 2.75) is 44.6 Å². The zero-order valence-corrected chi connectivity index (χ0v) is 12.0. The van der Waals surface area contributed by atoms with Crippen LogP contribution in [0.25, 0.3) is 0 Å². The number of allylic oxidation sites excluding steroid dienone is 2. The Balaban J connectivity index is 1.75. The van der Waals surface area contributed by atoms with Crippen LogP contribution in [0.15, 0.2) is 12.2 Å². The second-order valence-electron chi connectivity index (χ2n) is 6.58. The van der Waals surface area contributed by atoms with Gasteiger partial charge in [-0.05, 0) is 31.1 Å². The molecule has 0 aliphatic heterocycles. The minimum absolute atomic E-state index is 0.0566. The van der Waals surface area contributed by atoms with Gasteiger partial charge >= 0.3 is 5.97 Å². The first kappa shape index (κ1) is 13.7. The van der Waals surface area contributed by atoms with Gasteiger partial charge in [0, 0.05) is 13.1 Å². The van der Waals surface area contributed by atoms with Gasteiger partial charge in [-0.3, -0.25) is 9.59 Å².